The molecule has 0 aliphatic carbocycles. The van der Waals surface area contributed by atoms with Crippen molar-refractivity contribution >= 4 is 28.5 Å². The molecular weight excluding hydrogens is 414 g/mol. The SMILES string of the molecule is CNC(=O)c1c(-c2ccc(F)cc2)oc2cc(N(C)C(C)=O)c(-c3ccc(F)cc3)cc12. The Hall–Kier alpha value is -4.00. The molecule has 3 aromatic carbocycles. The quantitative estimate of drug-likeness (QED) is 0.469. The van der Waals surface area contributed by atoms with E-state index in [9.17, 15) is 18.4 Å². The molecule has 0 radical (unpaired) electrons. The van der Waals surface area contributed by atoms with Crippen molar-refractivity contribution in [1.82, 2.24) is 5.32 Å². The van der Waals surface area contributed by atoms with Gasteiger partial charge in [-0.2, -0.15) is 0 Å². The van der Waals surface area contributed by atoms with Crippen molar-refractivity contribution in [3.05, 3.63) is 77.9 Å². The summed E-state index contributed by atoms with van der Waals surface area (Å²) in [5.74, 6) is -1.09. The van der Waals surface area contributed by atoms with Gasteiger partial charge in [-0.05, 0) is 48.0 Å². The molecule has 0 atom stereocenters. The summed E-state index contributed by atoms with van der Waals surface area (Å²) in [6.45, 7) is 1.43. The van der Waals surface area contributed by atoms with Crippen LogP contribution >= 0.6 is 0 Å². The molecule has 32 heavy (non-hydrogen) atoms. The molecule has 1 aromatic heterocycles. The smallest absolute Gasteiger partial charge is 0.255 e. The number of carbonyl (C=O) groups is 2. The molecule has 0 saturated heterocycles. The van der Waals surface area contributed by atoms with Gasteiger partial charge in [0.2, 0.25) is 5.91 Å². The Kier molecular flexibility index (Phi) is 5.48. The first kappa shape index (κ1) is 21.2. The molecule has 0 unspecified atom stereocenters. The van der Waals surface area contributed by atoms with Crippen molar-refractivity contribution < 1.29 is 22.8 Å². The van der Waals surface area contributed by atoms with Crippen LogP contribution in [0.25, 0.3) is 33.4 Å². The maximum absolute atomic E-state index is 13.5. The summed E-state index contributed by atoms with van der Waals surface area (Å²) in [4.78, 5) is 26.4. The van der Waals surface area contributed by atoms with E-state index in [-0.39, 0.29) is 29.0 Å². The van der Waals surface area contributed by atoms with Crippen LogP contribution in [0, 0.1) is 11.6 Å². The van der Waals surface area contributed by atoms with E-state index in [2.05, 4.69) is 5.32 Å². The summed E-state index contributed by atoms with van der Waals surface area (Å²) in [6, 6.07) is 14.9. The van der Waals surface area contributed by atoms with Gasteiger partial charge < -0.3 is 14.6 Å². The maximum atomic E-state index is 13.5. The van der Waals surface area contributed by atoms with Gasteiger partial charge in [-0.15, -0.1) is 0 Å². The molecule has 4 rings (SSSR count). The number of nitrogens with one attached hydrogen (secondary N) is 1. The Morgan fingerprint density at radius 2 is 1.47 bits per heavy atom. The van der Waals surface area contributed by atoms with Gasteiger partial charge in [0, 0.05) is 43.6 Å². The van der Waals surface area contributed by atoms with Crippen molar-refractivity contribution in [1.29, 1.82) is 0 Å². The summed E-state index contributed by atoms with van der Waals surface area (Å²) in [6.07, 6.45) is 0. The normalized spacial score (nSPS) is 10.9. The highest BCUT2D eigenvalue weighted by Gasteiger charge is 2.24. The van der Waals surface area contributed by atoms with E-state index in [0.29, 0.717) is 33.3 Å². The number of hydrogen-bond acceptors (Lipinski definition) is 3. The minimum atomic E-state index is -0.407. The number of nitrogens with zero attached hydrogens (tertiary/aromatic N) is 1. The summed E-state index contributed by atoms with van der Waals surface area (Å²) in [7, 11) is 3.13. The summed E-state index contributed by atoms with van der Waals surface area (Å²) in [5, 5.41) is 3.13. The van der Waals surface area contributed by atoms with Crippen LogP contribution < -0.4 is 10.2 Å². The predicted molar refractivity (Wildman–Crippen MR) is 119 cm³/mol. The van der Waals surface area contributed by atoms with Crippen LogP contribution in [0.5, 0.6) is 0 Å². The van der Waals surface area contributed by atoms with Gasteiger partial charge in [0.25, 0.3) is 5.91 Å². The number of benzene rings is 3. The lowest BCUT2D eigenvalue weighted by Gasteiger charge is -2.19. The predicted octanol–water partition coefficient (Wildman–Crippen LogP) is 5.39. The molecule has 162 valence electrons. The number of carbonyl (C=O) groups excluding carboxylic acids is 2. The van der Waals surface area contributed by atoms with Crippen LogP contribution in [-0.2, 0) is 4.79 Å². The molecule has 0 saturated carbocycles. The van der Waals surface area contributed by atoms with Gasteiger partial charge in [0.1, 0.15) is 23.0 Å². The van der Waals surface area contributed by atoms with Crippen LogP contribution in [0.4, 0.5) is 14.5 Å². The highest BCUT2D eigenvalue weighted by Crippen LogP contribution is 2.40. The van der Waals surface area contributed by atoms with Gasteiger partial charge in [-0.1, -0.05) is 12.1 Å². The number of rotatable bonds is 4. The lowest BCUT2D eigenvalue weighted by Crippen LogP contribution is -2.23. The van der Waals surface area contributed by atoms with Crippen LogP contribution in [-0.4, -0.2) is 25.9 Å². The molecule has 2 amide bonds. The monoisotopic (exact) mass is 434 g/mol. The number of anilines is 1. The topological polar surface area (TPSA) is 62.6 Å². The highest BCUT2D eigenvalue weighted by molar-refractivity contribution is 6.13. The third kappa shape index (κ3) is 3.73. The third-order valence-electron chi connectivity index (χ3n) is 5.36. The average Bonchev–Trinajstić information content (AvgIpc) is 3.16. The fraction of sp³-hybridized carbons (Fsp3) is 0.120. The van der Waals surface area contributed by atoms with Crippen molar-refractivity contribution in [3.63, 3.8) is 0 Å². The zero-order valence-electron chi connectivity index (χ0n) is 17.7. The Balaban J connectivity index is 2.05. The van der Waals surface area contributed by atoms with Gasteiger partial charge in [0.05, 0.1) is 11.3 Å². The van der Waals surface area contributed by atoms with Gasteiger partial charge >= 0.3 is 0 Å². The Morgan fingerprint density at radius 1 is 0.906 bits per heavy atom. The minimum Gasteiger partial charge on any atom is -0.455 e. The van der Waals surface area contributed by atoms with Crippen molar-refractivity contribution in [2.45, 2.75) is 6.92 Å². The number of fused-ring (bicyclic) bond motifs is 1. The fourth-order valence-electron chi connectivity index (χ4n) is 3.59. The first-order valence-electron chi connectivity index (χ1n) is 9.89. The van der Waals surface area contributed by atoms with E-state index in [0.717, 1.165) is 0 Å². The maximum Gasteiger partial charge on any atom is 0.255 e. The second-order valence-electron chi connectivity index (χ2n) is 7.34. The Bertz CT molecular complexity index is 1330. The molecule has 1 N–H and O–H groups in total. The summed E-state index contributed by atoms with van der Waals surface area (Å²) >= 11 is 0. The number of furan rings is 1. The standard InChI is InChI=1S/C25H20F2N2O3/c1-14(30)29(3)21-13-22-20(12-19(21)15-4-8-17(26)9-5-15)23(25(31)28-2)24(32-22)16-6-10-18(27)11-7-16/h4-13H,1-3H3,(H,28,31). The lowest BCUT2D eigenvalue weighted by atomic mass is 9.98. The first-order valence-corrected chi connectivity index (χ1v) is 9.89. The second kappa shape index (κ2) is 8.26. The molecule has 7 heteroatoms. The van der Waals surface area contributed by atoms with E-state index >= 15 is 0 Å². The fourth-order valence-corrected chi connectivity index (χ4v) is 3.59. The van der Waals surface area contributed by atoms with Crippen LogP contribution in [0.15, 0.2) is 65.1 Å². The van der Waals surface area contributed by atoms with E-state index in [1.807, 2.05) is 0 Å². The third-order valence-corrected chi connectivity index (χ3v) is 5.36. The van der Waals surface area contributed by atoms with Crippen molar-refractivity contribution in [3.8, 4) is 22.5 Å². The van der Waals surface area contributed by atoms with Crippen LogP contribution in [0.3, 0.4) is 0 Å². The van der Waals surface area contributed by atoms with Gasteiger partial charge in [-0.25, -0.2) is 8.78 Å². The molecule has 5 nitrogen and oxygen atoms in total. The van der Waals surface area contributed by atoms with Crippen molar-refractivity contribution in [2.24, 2.45) is 0 Å². The molecule has 0 fully saturated rings. The molecular formula is C25H20F2N2O3. The van der Waals surface area contributed by atoms with Gasteiger partial charge in [-0.3, -0.25) is 9.59 Å². The Morgan fingerprint density at radius 3 is 2.00 bits per heavy atom. The summed E-state index contributed by atoms with van der Waals surface area (Å²) < 4.78 is 33.0. The number of amides is 2. The zero-order chi connectivity index (χ0) is 23.0. The number of hydrogen-bond donors (Lipinski definition) is 1. The van der Waals surface area contributed by atoms with Gasteiger partial charge in [0.15, 0.2) is 0 Å². The molecule has 1 heterocycles. The second-order valence-corrected chi connectivity index (χ2v) is 7.34. The highest BCUT2D eigenvalue weighted by atomic mass is 19.1. The zero-order valence-corrected chi connectivity index (χ0v) is 17.7. The van der Waals surface area contributed by atoms with E-state index in [1.165, 1.54) is 55.3 Å². The van der Waals surface area contributed by atoms with Crippen LogP contribution in [0.2, 0.25) is 0 Å². The van der Waals surface area contributed by atoms with E-state index < -0.39 is 5.82 Å². The number of halogens is 2. The minimum absolute atomic E-state index is 0.204. The largest absolute Gasteiger partial charge is 0.455 e. The average molecular weight is 434 g/mol. The molecule has 0 aliphatic heterocycles. The molecule has 4 aromatic rings. The molecule has 0 spiro atoms. The van der Waals surface area contributed by atoms with E-state index in [1.54, 1.807) is 31.3 Å². The molecule has 0 bridgehead atoms. The lowest BCUT2D eigenvalue weighted by molar-refractivity contribution is -0.116. The Labute approximate surface area is 183 Å². The molecule has 0 aliphatic rings. The van der Waals surface area contributed by atoms with E-state index in [4.69, 9.17) is 4.42 Å². The summed E-state index contributed by atoms with van der Waals surface area (Å²) in [5.41, 5.74) is 3.05. The first-order chi connectivity index (χ1) is 15.3. The van der Waals surface area contributed by atoms with Crippen molar-refractivity contribution in [2.75, 3.05) is 19.0 Å². The van der Waals surface area contributed by atoms with Crippen LogP contribution in [0.1, 0.15) is 17.3 Å².